The minimum Gasteiger partial charge on any atom is -0.345 e. The number of carbonyl (C=O) groups excluding carboxylic acids is 1. The molecule has 1 atom stereocenters. The van der Waals surface area contributed by atoms with Crippen LogP contribution in [-0.4, -0.2) is 41.8 Å². The number of nitrogens with zero attached hydrogens (tertiary/aromatic N) is 5. The van der Waals surface area contributed by atoms with Crippen LogP contribution in [0.25, 0.3) is 11.0 Å². The summed E-state index contributed by atoms with van der Waals surface area (Å²) in [6.07, 6.45) is 3.86. The number of amides is 1. The highest BCUT2D eigenvalue weighted by atomic mass is 32.2. The van der Waals surface area contributed by atoms with Crippen molar-refractivity contribution in [3.8, 4) is 0 Å². The molecule has 29 heavy (non-hydrogen) atoms. The number of hydrogen-bond acceptors (Lipinski definition) is 6. The van der Waals surface area contributed by atoms with Gasteiger partial charge in [-0.2, -0.15) is 0 Å². The summed E-state index contributed by atoms with van der Waals surface area (Å²) in [4.78, 5) is 20.2. The van der Waals surface area contributed by atoms with Crippen molar-refractivity contribution in [2.75, 3.05) is 5.75 Å². The molecule has 1 aliphatic carbocycles. The number of fused-ring (bicyclic) bond motifs is 1. The van der Waals surface area contributed by atoms with Crippen LogP contribution < -0.4 is 5.32 Å². The number of carbonyl (C=O) groups is 1. The van der Waals surface area contributed by atoms with Gasteiger partial charge in [-0.3, -0.25) is 4.79 Å². The van der Waals surface area contributed by atoms with E-state index in [1.807, 2.05) is 53.2 Å². The van der Waals surface area contributed by atoms with Gasteiger partial charge in [0.1, 0.15) is 0 Å². The predicted octanol–water partition coefficient (Wildman–Crippen LogP) is 2.88. The zero-order chi connectivity index (χ0) is 19.6. The third-order valence-corrected chi connectivity index (χ3v) is 5.84. The first-order valence-electron chi connectivity index (χ1n) is 9.46. The Bertz CT molecular complexity index is 1140. The molecule has 9 heteroatoms. The highest BCUT2D eigenvalue weighted by Gasteiger charge is 2.28. The van der Waals surface area contributed by atoms with Crippen molar-refractivity contribution in [3.05, 3.63) is 66.0 Å². The molecular weight excluding hydrogens is 386 g/mol. The Kier molecular flexibility index (Phi) is 4.73. The van der Waals surface area contributed by atoms with Crippen LogP contribution in [0.1, 0.15) is 36.1 Å². The fourth-order valence-corrected chi connectivity index (χ4v) is 4.05. The van der Waals surface area contributed by atoms with E-state index in [1.54, 1.807) is 6.33 Å². The molecule has 1 fully saturated rings. The Morgan fingerprint density at radius 1 is 1.21 bits per heavy atom. The maximum atomic E-state index is 12.8. The fraction of sp³-hybridized carbons (Fsp3) is 0.250. The first-order valence-corrected chi connectivity index (χ1v) is 10.4. The van der Waals surface area contributed by atoms with Gasteiger partial charge in [-0.1, -0.05) is 48.2 Å². The van der Waals surface area contributed by atoms with E-state index in [2.05, 4.69) is 30.8 Å². The number of aromatic amines is 1. The molecule has 0 saturated heterocycles. The second-order valence-electron chi connectivity index (χ2n) is 7.02. The molecule has 1 amide bonds. The lowest BCUT2D eigenvalue weighted by Crippen LogP contribution is -2.30. The number of hydrogen-bond donors (Lipinski definition) is 2. The van der Waals surface area contributed by atoms with Crippen LogP contribution >= 0.6 is 11.8 Å². The highest BCUT2D eigenvalue weighted by Crippen LogP contribution is 2.36. The molecule has 2 aromatic carbocycles. The number of rotatable bonds is 7. The van der Waals surface area contributed by atoms with Crippen LogP contribution in [0.3, 0.4) is 0 Å². The van der Waals surface area contributed by atoms with Crippen molar-refractivity contribution >= 4 is 28.7 Å². The molecule has 2 aromatic heterocycles. The van der Waals surface area contributed by atoms with Gasteiger partial charge in [0.2, 0.25) is 11.1 Å². The van der Waals surface area contributed by atoms with Gasteiger partial charge in [0.25, 0.3) is 0 Å². The molecule has 1 saturated carbocycles. The van der Waals surface area contributed by atoms with Gasteiger partial charge in [0.15, 0.2) is 0 Å². The zero-order valence-electron chi connectivity index (χ0n) is 15.5. The molecule has 2 heterocycles. The van der Waals surface area contributed by atoms with E-state index in [0.29, 0.717) is 11.2 Å². The molecule has 0 aliphatic heterocycles. The number of thioether (sulfide) groups is 1. The van der Waals surface area contributed by atoms with Crippen molar-refractivity contribution < 1.29 is 4.79 Å². The van der Waals surface area contributed by atoms with Crippen LogP contribution in [0, 0.1) is 0 Å². The molecule has 0 spiro atoms. The first kappa shape index (κ1) is 17.9. The van der Waals surface area contributed by atoms with Crippen LogP contribution in [0.2, 0.25) is 0 Å². The van der Waals surface area contributed by atoms with Crippen LogP contribution in [-0.2, 0) is 4.79 Å². The molecule has 8 nitrogen and oxygen atoms in total. The lowest BCUT2D eigenvalue weighted by atomic mass is 9.98. The van der Waals surface area contributed by atoms with E-state index in [9.17, 15) is 4.79 Å². The summed E-state index contributed by atoms with van der Waals surface area (Å²) in [5, 5.41) is 15.7. The molecule has 1 unspecified atom stereocenters. The topological polar surface area (TPSA) is 101 Å². The number of aromatic nitrogens is 6. The Morgan fingerprint density at radius 2 is 2.07 bits per heavy atom. The van der Waals surface area contributed by atoms with Gasteiger partial charge < -0.3 is 10.3 Å². The van der Waals surface area contributed by atoms with Crippen LogP contribution in [0.5, 0.6) is 0 Å². The highest BCUT2D eigenvalue weighted by molar-refractivity contribution is 7.99. The van der Waals surface area contributed by atoms with Crippen LogP contribution in [0.15, 0.2) is 60.0 Å². The van der Waals surface area contributed by atoms with Crippen molar-refractivity contribution in [1.82, 2.24) is 35.5 Å². The SMILES string of the molecule is O=C(CSc1nnnn1C1CC1)NC(c1ccccc1)c1ccc2nc[nH]c2c1. The standard InChI is InChI=1S/C20H19N7OS/c28-18(11-29-20-24-25-26-27(20)15-7-8-15)23-19(13-4-2-1-3-5-13)14-6-9-16-17(10-14)22-12-21-16/h1-6,9-10,12,15,19H,7-8,11H2,(H,21,22)(H,23,28). The Labute approximate surface area is 171 Å². The van der Waals surface area contributed by atoms with E-state index in [1.165, 1.54) is 11.8 Å². The lowest BCUT2D eigenvalue weighted by molar-refractivity contribution is -0.119. The van der Waals surface area contributed by atoms with E-state index >= 15 is 0 Å². The fourth-order valence-electron chi connectivity index (χ4n) is 3.30. The molecule has 4 aromatic rings. The Balaban J connectivity index is 1.35. The molecule has 0 radical (unpaired) electrons. The van der Waals surface area contributed by atoms with Crippen molar-refractivity contribution in [2.45, 2.75) is 30.1 Å². The van der Waals surface area contributed by atoms with E-state index in [0.717, 1.165) is 35.0 Å². The molecule has 2 N–H and O–H groups in total. The van der Waals surface area contributed by atoms with E-state index < -0.39 is 0 Å². The number of imidazole rings is 1. The van der Waals surface area contributed by atoms with Crippen molar-refractivity contribution in [3.63, 3.8) is 0 Å². The monoisotopic (exact) mass is 405 g/mol. The maximum absolute atomic E-state index is 12.8. The normalized spacial score (nSPS) is 14.8. The van der Waals surface area contributed by atoms with Gasteiger partial charge >= 0.3 is 0 Å². The van der Waals surface area contributed by atoms with Gasteiger partial charge in [0.05, 0.1) is 35.2 Å². The number of H-pyrrole nitrogens is 1. The largest absolute Gasteiger partial charge is 0.345 e. The quantitative estimate of drug-likeness (QED) is 0.459. The van der Waals surface area contributed by atoms with E-state index in [4.69, 9.17) is 0 Å². The predicted molar refractivity (Wildman–Crippen MR) is 109 cm³/mol. The minimum atomic E-state index is -0.253. The lowest BCUT2D eigenvalue weighted by Gasteiger charge is -2.20. The summed E-state index contributed by atoms with van der Waals surface area (Å²) in [5.74, 6) is 0.182. The zero-order valence-corrected chi connectivity index (χ0v) is 16.3. The van der Waals surface area contributed by atoms with E-state index in [-0.39, 0.29) is 17.7 Å². The Hall–Kier alpha value is -3.20. The summed E-state index contributed by atoms with van der Waals surface area (Å²) in [6, 6.07) is 16.1. The second-order valence-corrected chi connectivity index (χ2v) is 7.96. The summed E-state index contributed by atoms with van der Waals surface area (Å²) >= 11 is 1.37. The molecule has 146 valence electrons. The molecule has 1 aliphatic rings. The maximum Gasteiger partial charge on any atom is 0.231 e. The van der Waals surface area contributed by atoms with Gasteiger partial charge in [-0.05, 0) is 46.5 Å². The minimum absolute atomic E-state index is 0.0705. The number of benzene rings is 2. The molecule has 5 rings (SSSR count). The average molecular weight is 405 g/mol. The number of tetrazole rings is 1. The summed E-state index contributed by atoms with van der Waals surface area (Å²) in [6.45, 7) is 0. The smallest absolute Gasteiger partial charge is 0.231 e. The van der Waals surface area contributed by atoms with Crippen LogP contribution in [0.4, 0.5) is 0 Å². The number of nitrogens with one attached hydrogen (secondary N) is 2. The second kappa shape index (κ2) is 7.67. The summed E-state index contributed by atoms with van der Waals surface area (Å²) in [7, 11) is 0. The first-order chi connectivity index (χ1) is 14.3. The summed E-state index contributed by atoms with van der Waals surface area (Å²) in [5.41, 5.74) is 3.85. The van der Waals surface area contributed by atoms with Gasteiger partial charge in [-0.15, -0.1) is 5.10 Å². The Morgan fingerprint density at radius 3 is 2.90 bits per heavy atom. The molecular formula is C20H19N7OS. The third-order valence-electron chi connectivity index (χ3n) is 4.90. The van der Waals surface area contributed by atoms with Gasteiger partial charge in [0, 0.05) is 0 Å². The van der Waals surface area contributed by atoms with Crippen molar-refractivity contribution in [2.24, 2.45) is 0 Å². The third kappa shape index (κ3) is 3.86. The average Bonchev–Trinajstić information content (AvgIpc) is 3.30. The molecule has 0 bridgehead atoms. The van der Waals surface area contributed by atoms with Crippen molar-refractivity contribution in [1.29, 1.82) is 0 Å². The summed E-state index contributed by atoms with van der Waals surface area (Å²) < 4.78 is 1.82. The van der Waals surface area contributed by atoms with Gasteiger partial charge in [-0.25, -0.2) is 9.67 Å².